The van der Waals surface area contributed by atoms with Crippen LogP contribution >= 0.6 is 92.8 Å². The number of carbonyl (C=O) groups is 8. The molecule has 6 heterocycles. The molecule has 0 spiro atoms. The minimum atomic E-state index is -0.968. The molecule has 115 heavy (non-hydrogen) atoms. The van der Waals surface area contributed by atoms with Gasteiger partial charge in [0.2, 0.25) is 17.7 Å². The molecule has 3 aliphatic heterocycles. The van der Waals surface area contributed by atoms with E-state index in [0.29, 0.717) is 94.1 Å². The highest BCUT2D eigenvalue weighted by Crippen LogP contribution is 2.40. The number of hydrogen-bond donors (Lipinski definition) is 3. The third-order valence-corrected chi connectivity index (χ3v) is 22.7. The van der Waals surface area contributed by atoms with Gasteiger partial charge in [-0.05, 0) is 169 Å². The summed E-state index contributed by atoms with van der Waals surface area (Å²) >= 11 is 28.5. The van der Waals surface area contributed by atoms with Gasteiger partial charge in [-0.3, -0.25) is 53.1 Å². The molecule has 6 amide bonds. The number of carbonyl (C=O) groups excluding carboxylic acids is 8. The molecule has 3 aromatic heterocycles. The van der Waals surface area contributed by atoms with Gasteiger partial charge in [-0.1, -0.05) is 127 Å². The quantitative estimate of drug-likeness (QED) is 0.0357. The Balaban J connectivity index is 0.000000186. The predicted molar refractivity (Wildman–Crippen MR) is 458 cm³/mol. The summed E-state index contributed by atoms with van der Waals surface area (Å²) in [5.41, 5.74) is 5.79. The average Bonchev–Trinajstić information content (AvgIpc) is 1.77. The Labute approximate surface area is 707 Å². The van der Waals surface area contributed by atoms with Crippen molar-refractivity contribution in [3.05, 3.63) is 276 Å². The second-order valence-electron chi connectivity index (χ2n) is 27.0. The number of rotatable bonds is 25. The number of amides is 6. The number of para-hydroxylation sites is 2. The molecule has 6 atom stereocenters. The maximum absolute atomic E-state index is 14.3. The summed E-state index contributed by atoms with van der Waals surface area (Å²) < 4.78 is 23.0. The number of anilines is 3. The number of aryl methyl sites for hydroxylation is 3. The number of ether oxygens (including phenoxy) is 4. The number of alkyl halides is 3. The molecule has 10 aromatic rings. The van der Waals surface area contributed by atoms with E-state index in [4.69, 9.17) is 65.4 Å². The van der Waals surface area contributed by atoms with Crippen molar-refractivity contribution in [3.8, 4) is 23.0 Å². The van der Waals surface area contributed by atoms with Crippen LogP contribution < -0.4 is 40.1 Å². The highest BCUT2D eigenvalue weighted by Gasteiger charge is 2.43. The zero-order chi connectivity index (χ0) is 80.6. The number of halogens is 5. The van der Waals surface area contributed by atoms with Crippen LogP contribution in [0.25, 0.3) is 0 Å². The van der Waals surface area contributed by atoms with Gasteiger partial charge in [0.05, 0.1) is 0 Å². The first kappa shape index (κ1) is 87.7. The first-order valence-corrected chi connectivity index (χ1v) is 41.6. The largest absolute Gasteiger partial charge is 0.460 e. The molecule has 3 fully saturated rings. The molecule has 13 rings (SSSR count). The number of esters is 2. The van der Waals surface area contributed by atoms with Gasteiger partial charge in [0.25, 0.3) is 17.7 Å². The molecule has 602 valence electrons. The lowest BCUT2D eigenvalue weighted by atomic mass is 10.1. The molecule has 3 N–H and O–H groups in total. The van der Waals surface area contributed by atoms with Crippen molar-refractivity contribution < 1.29 is 57.3 Å². The van der Waals surface area contributed by atoms with Crippen LogP contribution in [-0.4, -0.2) is 157 Å². The molecule has 0 aliphatic carbocycles. The zero-order valence-electron chi connectivity index (χ0n) is 63.5. The monoisotopic (exact) mass is 1710 g/mol. The molecular formula is C86H88Cl5N9O12S3. The smallest absolute Gasteiger partial charge is 0.325 e. The van der Waals surface area contributed by atoms with Gasteiger partial charge in [0.15, 0.2) is 0 Å². The minimum absolute atomic E-state index is 0. The Bertz CT molecular complexity index is 4620. The van der Waals surface area contributed by atoms with Crippen LogP contribution in [0.5, 0.6) is 23.0 Å². The van der Waals surface area contributed by atoms with E-state index in [9.17, 15) is 38.4 Å². The maximum Gasteiger partial charge on any atom is 0.325 e. The first-order chi connectivity index (χ1) is 55.3. The second kappa shape index (κ2) is 43.3. The minimum Gasteiger partial charge on any atom is -0.460 e. The van der Waals surface area contributed by atoms with Crippen LogP contribution in [0.2, 0.25) is 5.02 Å². The highest BCUT2D eigenvalue weighted by molar-refractivity contribution is 7.10. The van der Waals surface area contributed by atoms with E-state index in [2.05, 4.69) is 16.0 Å². The molecule has 7 aromatic carbocycles. The van der Waals surface area contributed by atoms with Crippen molar-refractivity contribution in [1.29, 1.82) is 0 Å². The second-order valence-corrected chi connectivity index (χ2v) is 31.2. The fourth-order valence-electron chi connectivity index (χ4n) is 13.5. The van der Waals surface area contributed by atoms with Crippen LogP contribution in [-0.2, 0) is 61.0 Å². The summed E-state index contributed by atoms with van der Waals surface area (Å²) in [7, 11) is 0. The van der Waals surface area contributed by atoms with Gasteiger partial charge < -0.3 is 49.6 Å². The number of benzene rings is 7. The molecule has 0 radical (unpaired) electrons. The number of piperazine rings is 3. The lowest BCUT2D eigenvalue weighted by Crippen LogP contribution is -2.58. The summed E-state index contributed by atoms with van der Waals surface area (Å²) in [4.78, 5) is 120. The standard InChI is InChI=1S/2C33H32ClN3O5S.C20H23Cl2N3O2S.ClH/c2*1-23-19-26(42-25-11-6-3-7-12-25)14-15-28(23)37(30(38)20-34)31(29-13-8-18-43-29)32(39)36-17-16-35-27(21-36)33(40)41-22-24-9-4-2-5-10-24;1-13-10-15(22)5-6-16(13)25(18(26)11-21)19(17-4-3-9-28-17)20(27)24-8-7-23-14(2)12-24;/h2*2-15,18-19,27,31,35H,16-17,20-22H2,1H3;3-6,9-10,14,19,23H,7-8,11-12H2,1-2H3;1H/t27-,31+;27-,31-;14-,19+;/m110./s1. The lowest BCUT2D eigenvalue weighted by Gasteiger charge is -2.38. The van der Waals surface area contributed by atoms with E-state index >= 15 is 0 Å². The molecule has 3 aliphatic rings. The van der Waals surface area contributed by atoms with Gasteiger partial charge in [-0.2, -0.15) is 0 Å². The van der Waals surface area contributed by atoms with E-state index in [1.807, 2.05) is 219 Å². The summed E-state index contributed by atoms with van der Waals surface area (Å²) in [6.45, 7) is 11.6. The molecule has 21 nitrogen and oxygen atoms in total. The SMILES string of the molecule is Cc1cc(Cl)ccc1N(C(=O)CCl)[C@@H](C(=O)N1CCN[C@@H](C)C1)c1cccs1.Cc1cc(Oc2ccccc2)ccc1N(C(=O)CCl)[C@@H](C(=O)N1CCN[C@@H](C(=O)OCc2ccccc2)C1)c1cccs1.Cc1cc(Oc2ccccc2)ccc1N(C(=O)CCl)[C@H](C(=O)N1CCN[C@@H](C(=O)OCc2ccccc2)C1)c1cccs1.Cl. The maximum atomic E-state index is 14.3. The molecule has 0 bridgehead atoms. The topological polar surface area (TPSA) is 229 Å². The van der Waals surface area contributed by atoms with Crippen molar-refractivity contribution in [2.24, 2.45) is 0 Å². The van der Waals surface area contributed by atoms with Crippen LogP contribution in [0.15, 0.2) is 228 Å². The number of nitrogens with zero attached hydrogens (tertiary/aromatic N) is 6. The number of thiophene rings is 3. The van der Waals surface area contributed by atoms with E-state index < -0.39 is 54.0 Å². The van der Waals surface area contributed by atoms with E-state index in [0.717, 1.165) is 39.2 Å². The number of nitrogens with one attached hydrogen (secondary N) is 3. The molecule has 3 saturated heterocycles. The van der Waals surface area contributed by atoms with Gasteiger partial charge >= 0.3 is 11.9 Å². The van der Waals surface area contributed by atoms with Crippen LogP contribution in [0.1, 0.15) is 67.5 Å². The fraction of sp³-hybridized carbons (Fsp3) is 0.279. The Morgan fingerprint density at radius 3 is 1.07 bits per heavy atom. The van der Waals surface area contributed by atoms with Gasteiger partial charge in [0.1, 0.15) is 84.1 Å². The van der Waals surface area contributed by atoms with Crippen LogP contribution in [0.4, 0.5) is 17.1 Å². The van der Waals surface area contributed by atoms with E-state index in [1.54, 1.807) is 52.3 Å². The Morgan fingerprint density at radius 1 is 0.417 bits per heavy atom. The van der Waals surface area contributed by atoms with E-state index in [1.165, 1.54) is 48.7 Å². The van der Waals surface area contributed by atoms with Crippen LogP contribution in [0.3, 0.4) is 0 Å². The molecular weight excluding hydrogens is 1620 g/mol. The average molecular weight is 1710 g/mol. The summed E-state index contributed by atoms with van der Waals surface area (Å²) in [5, 5.41) is 15.9. The van der Waals surface area contributed by atoms with Gasteiger partial charge in [-0.15, -0.1) is 81.2 Å². The fourth-order valence-corrected chi connectivity index (χ4v) is 16.5. The van der Waals surface area contributed by atoms with E-state index in [-0.39, 0.29) is 86.0 Å². The Hall–Kier alpha value is -9.67. The summed E-state index contributed by atoms with van der Waals surface area (Å²) in [6.07, 6.45) is 0. The van der Waals surface area contributed by atoms with Crippen molar-refractivity contribution in [3.63, 3.8) is 0 Å². The Morgan fingerprint density at radius 2 is 0.748 bits per heavy atom. The molecule has 29 heteroatoms. The summed E-state index contributed by atoms with van der Waals surface area (Å²) in [6, 6.07) is 60.9. The highest BCUT2D eigenvalue weighted by atomic mass is 35.5. The van der Waals surface area contributed by atoms with Crippen LogP contribution in [0, 0.1) is 20.8 Å². The normalized spacial score (nSPS) is 15.9. The van der Waals surface area contributed by atoms with Gasteiger partial charge in [0, 0.05) is 102 Å². The van der Waals surface area contributed by atoms with Crippen molar-refractivity contribution in [1.82, 2.24) is 30.7 Å². The van der Waals surface area contributed by atoms with Crippen molar-refractivity contribution in [2.45, 2.75) is 77.2 Å². The van der Waals surface area contributed by atoms with Crippen molar-refractivity contribution in [2.75, 3.05) is 91.2 Å². The van der Waals surface area contributed by atoms with Gasteiger partial charge in [-0.25, -0.2) is 0 Å². The number of hydrogen-bond acceptors (Lipinski definition) is 18. The lowest BCUT2D eigenvalue weighted by molar-refractivity contribution is -0.151. The first-order valence-electron chi connectivity index (χ1n) is 37.0. The van der Waals surface area contributed by atoms with Crippen molar-refractivity contribution >= 4 is 157 Å². The molecule has 0 saturated carbocycles. The third-order valence-electron chi connectivity index (χ3n) is 19.0. The molecule has 0 unspecified atom stereocenters. The zero-order valence-corrected chi connectivity index (χ0v) is 69.8. The Kier molecular flexibility index (Phi) is 33.1. The predicted octanol–water partition coefficient (Wildman–Crippen LogP) is 15.7. The third kappa shape index (κ3) is 23.3. The summed E-state index contributed by atoms with van der Waals surface area (Å²) in [5.74, 6) is -0.979.